The molecule has 1 aromatic rings. The molecule has 1 fully saturated rings. The van der Waals surface area contributed by atoms with Gasteiger partial charge in [-0.05, 0) is 31.2 Å². The minimum atomic E-state index is -0.0793. The Morgan fingerprint density at radius 1 is 1.33 bits per heavy atom. The third kappa shape index (κ3) is 4.30. The average molecular weight is 330 g/mol. The van der Waals surface area contributed by atoms with Gasteiger partial charge in [-0.2, -0.15) is 0 Å². The van der Waals surface area contributed by atoms with E-state index in [0.717, 1.165) is 25.8 Å². The first-order chi connectivity index (χ1) is 9.99. The second-order valence-corrected chi connectivity index (χ2v) is 6.74. The number of rotatable bonds is 5. The van der Waals surface area contributed by atoms with Gasteiger partial charge in [0.25, 0.3) is 5.91 Å². The molecule has 0 atom stereocenters. The zero-order valence-corrected chi connectivity index (χ0v) is 14.0. The van der Waals surface area contributed by atoms with Gasteiger partial charge in [-0.3, -0.25) is 4.79 Å². The summed E-state index contributed by atoms with van der Waals surface area (Å²) in [6, 6.07) is 1.82. The lowest BCUT2D eigenvalue weighted by atomic mass is 10.1. The van der Waals surface area contributed by atoms with E-state index in [9.17, 15) is 4.79 Å². The molecule has 4 nitrogen and oxygen atoms in total. The van der Waals surface area contributed by atoms with Crippen LogP contribution in [0.25, 0.3) is 0 Å². The lowest BCUT2D eigenvalue weighted by Crippen LogP contribution is -2.40. The highest BCUT2D eigenvalue weighted by molar-refractivity contribution is 6.34. The van der Waals surface area contributed by atoms with Crippen LogP contribution in [0.4, 0.5) is 0 Å². The standard InChI is InChI=1S/C15H21Cl2N3O/c1-10(2)7-8-20(11-5-3-4-6-11)15(21)12-9-13(16)18-19-14(12)17/h9-11H,3-8H2,1-2H3. The summed E-state index contributed by atoms with van der Waals surface area (Å²) in [7, 11) is 0. The maximum absolute atomic E-state index is 12.8. The summed E-state index contributed by atoms with van der Waals surface area (Å²) in [5, 5.41) is 7.72. The van der Waals surface area contributed by atoms with E-state index in [1.807, 2.05) is 4.90 Å². The van der Waals surface area contributed by atoms with Crippen LogP contribution in [-0.2, 0) is 0 Å². The molecule has 0 radical (unpaired) electrons. The van der Waals surface area contributed by atoms with E-state index < -0.39 is 0 Å². The molecular formula is C15H21Cl2N3O. The number of halogens is 2. The molecule has 0 spiro atoms. The lowest BCUT2D eigenvalue weighted by molar-refractivity contribution is 0.0671. The summed E-state index contributed by atoms with van der Waals surface area (Å²) in [6.45, 7) is 5.07. The maximum Gasteiger partial charge on any atom is 0.257 e. The fraction of sp³-hybridized carbons (Fsp3) is 0.667. The number of nitrogens with zero attached hydrogens (tertiary/aromatic N) is 3. The first-order valence-corrected chi connectivity index (χ1v) is 8.24. The summed E-state index contributed by atoms with van der Waals surface area (Å²) >= 11 is 11.9. The average Bonchev–Trinajstić information content (AvgIpc) is 2.95. The second-order valence-electron chi connectivity index (χ2n) is 5.99. The summed E-state index contributed by atoms with van der Waals surface area (Å²) in [5.41, 5.74) is 0.354. The highest BCUT2D eigenvalue weighted by atomic mass is 35.5. The van der Waals surface area contributed by atoms with Crippen LogP contribution in [0.1, 0.15) is 56.3 Å². The Labute approximate surface area is 135 Å². The van der Waals surface area contributed by atoms with Crippen LogP contribution < -0.4 is 0 Å². The van der Waals surface area contributed by atoms with Gasteiger partial charge in [0.15, 0.2) is 10.3 Å². The van der Waals surface area contributed by atoms with E-state index in [2.05, 4.69) is 24.0 Å². The SMILES string of the molecule is CC(C)CCN(C(=O)c1cc(Cl)nnc1Cl)C1CCCC1. The van der Waals surface area contributed by atoms with Gasteiger partial charge in [0.2, 0.25) is 0 Å². The van der Waals surface area contributed by atoms with Gasteiger partial charge < -0.3 is 4.90 Å². The Morgan fingerprint density at radius 2 is 2.00 bits per heavy atom. The van der Waals surface area contributed by atoms with Crippen molar-refractivity contribution in [1.29, 1.82) is 0 Å². The Hall–Kier alpha value is -0.870. The van der Waals surface area contributed by atoms with Crippen LogP contribution in [0.5, 0.6) is 0 Å². The van der Waals surface area contributed by atoms with E-state index in [1.54, 1.807) is 0 Å². The molecule has 1 aliphatic rings. The molecule has 0 saturated heterocycles. The van der Waals surface area contributed by atoms with Crippen molar-refractivity contribution < 1.29 is 4.79 Å². The minimum absolute atomic E-state index is 0.0793. The normalized spacial score (nSPS) is 15.7. The van der Waals surface area contributed by atoms with E-state index in [1.165, 1.54) is 18.9 Å². The molecular weight excluding hydrogens is 309 g/mol. The van der Waals surface area contributed by atoms with Gasteiger partial charge in [0.05, 0.1) is 5.56 Å². The third-order valence-corrected chi connectivity index (χ3v) is 4.39. The summed E-state index contributed by atoms with van der Waals surface area (Å²) < 4.78 is 0. The molecule has 116 valence electrons. The van der Waals surface area contributed by atoms with Gasteiger partial charge in [-0.1, -0.05) is 49.9 Å². The number of amides is 1. The molecule has 0 bridgehead atoms. The van der Waals surface area contributed by atoms with Crippen molar-refractivity contribution in [3.63, 3.8) is 0 Å². The topological polar surface area (TPSA) is 46.1 Å². The molecule has 2 rings (SSSR count). The van der Waals surface area contributed by atoms with Gasteiger partial charge in [0.1, 0.15) is 0 Å². The highest BCUT2D eigenvalue weighted by Crippen LogP contribution is 2.27. The van der Waals surface area contributed by atoms with E-state index in [-0.39, 0.29) is 16.2 Å². The predicted molar refractivity (Wildman–Crippen MR) is 84.8 cm³/mol. The van der Waals surface area contributed by atoms with E-state index in [0.29, 0.717) is 17.5 Å². The molecule has 0 unspecified atom stereocenters. The summed E-state index contributed by atoms with van der Waals surface area (Å²) in [6.07, 6.45) is 5.46. The highest BCUT2D eigenvalue weighted by Gasteiger charge is 2.29. The molecule has 1 saturated carbocycles. The first-order valence-electron chi connectivity index (χ1n) is 7.48. The van der Waals surface area contributed by atoms with Crippen LogP contribution >= 0.6 is 23.2 Å². The molecule has 6 heteroatoms. The Bertz CT molecular complexity index is 502. The number of hydrogen-bond acceptors (Lipinski definition) is 3. The van der Waals surface area contributed by atoms with Crippen LogP contribution in [0.3, 0.4) is 0 Å². The molecule has 1 amide bonds. The molecule has 0 aromatic carbocycles. The third-order valence-electron chi connectivity index (χ3n) is 3.92. The van der Waals surface area contributed by atoms with Crippen molar-refractivity contribution >= 4 is 29.1 Å². The van der Waals surface area contributed by atoms with Gasteiger partial charge in [0, 0.05) is 12.6 Å². The molecule has 0 aliphatic heterocycles. The zero-order chi connectivity index (χ0) is 15.4. The number of carbonyl (C=O) groups excluding carboxylic acids is 1. The van der Waals surface area contributed by atoms with Crippen molar-refractivity contribution in [2.24, 2.45) is 5.92 Å². The van der Waals surface area contributed by atoms with Gasteiger partial charge in [-0.15, -0.1) is 10.2 Å². The minimum Gasteiger partial charge on any atom is -0.336 e. The lowest BCUT2D eigenvalue weighted by Gasteiger charge is -2.30. The number of carbonyl (C=O) groups is 1. The zero-order valence-electron chi connectivity index (χ0n) is 12.5. The van der Waals surface area contributed by atoms with Crippen LogP contribution in [-0.4, -0.2) is 33.6 Å². The van der Waals surface area contributed by atoms with Crippen molar-refractivity contribution in [1.82, 2.24) is 15.1 Å². The molecule has 1 aromatic heterocycles. The largest absolute Gasteiger partial charge is 0.336 e. The van der Waals surface area contributed by atoms with Crippen LogP contribution in [0.15, 0.2) is 6.07 Å². The second kappa shape index (κ2) is 7.41. The van der Waals surface area contributed by atoms with Crippen LogP contribution in [0.2, 0.25) is 10.3 Å². The molecule has 1 aliphatic carbocycles. The summed E-state index contributed by atoms with van der Waals surface area (Å²) in [5.74, 6) is 0.473. The Balaban J connectivity index is 2.21. The smallest absolute Gasteiger partial charge is 0.257 e. The monoisotopic (exact) mass is 329 g/mol. The number of hydrogen-bond donors (Lipinski definition) is 0. The van der Waals surface area contributed by atoms with Crippen molar-refractivity contribution in [2.45, 2.75) is 52.0 Å². The fourth-order valence-electron chi connectivity index (χ4n) is 2.72. The van der Waals surface area contributed by atoms with Gasteiger partial charge in [-0.25, -0.2) is 0 Å². The molecule has 21 heavy (non-hydrogen) atoms. The molecule has 0 N–H and O–H groups in total. The van der Waals surface area contributed by atoms with Crippen molar-refractivity contribution in [3.05, 3.63) is 21.9 Å². The number of aromatic nitrogens is 2. The van der Waals surface area contributed by atoms with Crippen LogP contribution in [0, 0.1) is 5.92 Å². The Kier molecular flexibility index (Phi) is 5.82. The van der Waals surface area contributed by atoms with E-state index >= 15 is 0 Å². The predicted octanol–water partition coefficient (Wildman–Crippen LogP) is 4.21. The molecule has 1 heterocycles. The van der Waals surface area contributed by atoms with Gasteiger partial charge >= 0.3 is 0 Å². The van der Waals surface area contributed by atoms with Crippen molar-refractivity contribution in [3.8, 4) is 0 Å². The first kappa shape index (κ1) is 16.5. The maximum atomic E-state index is 12.8. The van der Waals surface area contributed by atoms with E-state index in [4.69, 9.17) is 23.2 Å². The quantitative estimate of drug-likeness (QED) is 0.812. The fourth-order valence-corrected chi connectivity index (χ4v) is 3.04. The van der Waals surface area contributed by atoms with Crippen molar-refractivity contribution in [2.75, 3.05) is 6.54 Å². The summed E-state index contributed by atoms with van der Waals surface area (Å²) in [4.78, 5) is 14.8. The Morgan fingerprint density at radius 3 is 2.62 bits per heavy atom.